The van der Waals surface area contributed by atoms with Crippen LogP contribution in [0.4, 0.5) is 0 Å². The number of nitrogens with zero attached hydrogens (tertiary/aromatic N) is 2. The van der Waals surface area contributed by atoms with Gasteiger partial charge in [0, 0.05) is 18.0 Å². The minimum atomic E-state index is 0.00245. The highest BCUT2D eigenvalue weighted by Crippen LogP contribution is 2.13. The van der Waals surface area contributed by atoms with Gasteiger partial charge >= 0.3 is 0 Å². The number of hydrogen-bond acceptors (Lipinski definition) is 3. The maximum Gasteiger partial charge on any atom is 0.207 e. The molecule has 1 aromatic carbocycles. The number of fused-ring (bicyclic) bond motifs is 1. The molecule has 0 aliphatic carbocycles. The summed E-state index contributed by atoms with van der Waals surface area (Å²) in [5, 5.41) is 8.57. The monoisotopic (exact) mass is 257 g/mol. The Morgan fingerprint density at radius 2 is 2.21 bits per heavy atom. The zero-order valence-electron chi connectivity index (χ0n) is 11.0. The van der Waals surface area contributed by atoms with Gasteiger partial charge in [-0.15, -0.1) is 0 Å². The van der Waals surface area contributed by atoms with E-state index in [0.717, 1.165) is 30.4 Å². The molecule has 2 heterocycles. The first-order valence-corrected chi connectivity index (χ1v) is 7.03. The van der Waals surface area contributed by atoms with Crippen LogP contribution in [-0.4, -0.2) is 22.4 Å². The van der Waals surface area contributed by atoms with Crippen LogP contribution < -0.4 is 10.7 Å². The molecule has 0 saturated carbocycles. The predicted molar refractivity (Wildman–Crippen MR) is 76.3 cm³/mol. The van der Waals surface area contributed by atoms with E-state index in [9.17, 15) is 4.79 Å². The molecule has 1 N–H and O–H groups in total. The van der Waals surface area contributed by atoms with Crippen LogP contribution in [0.1, 0.15) is 25.7 Å². The lowest BCUT2D eigenvalue weighted by Crippen LogP contribution is -2.35. The third kappa shape index (κ3) is 2.68. The van der Waals surface area contributed by atoms with E-state index in [4.69, 9.17) is 0 Å². The van der Waals surface area contributed by atoms with Crippen LogP contribution in [0.5, 0.6) is 0 Å². The molecule has 1 aliphatic rings. The van der Waals surface area contributed by atoms with Crippen LogP contribution in [-0.2, 0) is 6.54 Å². The van der Waals surface area contributed by atoms with Gasteiger partial charge < -0.3 is 5.32 Å². The van der Waals surface area contributed by atoms with Gasteiger partial charge in [-0.3, -0.25) is 9.48 Å². The van der Waals surface area contributed by atoms with Crippen molar-refractivity contribution in [3.63, 3.8) is 0 Å². The lowest BCUT2D eigenvalue weighted by molar-refractivity contribution is 0.362. The molecule has 2 aromatic rings. The summed E-state index contributed by atoms with van der Waals surface area (Å²) in [4.78, 5) is 11.7. The molecule has 4 heteroatoms. The molecule has 1 aromatic heterocycles. The maximum atomic E-state index is 11.7. The first kappa shape index (κ1) is 12.4. The second-order valence-electron chi connectivity index (χ2n) is 5.18. The number of aryl methyl sites for hydroxylation is 1. The van der Waals surface area contributed by atoms with Gasteiger partial charge in [-0.25, -0.2) is 0 Å². The Bertz CT molecular complexity index is 614. The molecule has 1 fully saturated rings. The van der Waals surface area contributed by atoms with Crippen LogP contribution >= 0.6 is 0 Å². The van der Waals surface area contributed by atoms with Crippen molar-refractivity contribution in [3.8, 4) is 0 Å². The third-order valence-corrected chi connectivity index (χ3v) is 3.86. The summed E-state index contributed by atoms with van der Waals surface area (Å²) in [5.74, 6) is 0. The van der Waals surface area contributed by atoms with Crippen LogP contribution in [0, 0.1) is 0 Å². The number of para-hydroxylation sites is 1. The van der Waals surface area contributed by atoms with E-state index in [2.05, 4.69) is 10.4 Å². The predicted octanol–water partition coefficient (Wildman–Crippen LogP) is 1.93. The summed E-state index contributed by atoms with van der Waals surface area (Å²) in [5.41, 5.74) is 0.938. The second-order valence-corrected chi connectivity index (χ2v) is 5.18. The van der Waals surface area contributed by atoms with Crippen molar-refractivity contribution in [3.05, 3.63) is 40.7 Å². The Labute approximate surface area is 112 Å². The molecule has 19 heavy (non-hydrogen) atoms. The zero-order valence-corrected chi connectivity index (χ0v) is 11.0. The van der Waals surface area contributed by atoms with E-state index in [1.807, 2.05) is 28.9 Å². The molecule has 1 saturated heterocycles. The Kier molecular flexibility index (Phi) is 3.60. The Morgan fingerprint density at radius 1 is 1.32 bits per heavy atom. The number of piperidine rings is 1. The van der Waals surface area contributed by atoms with E-state index < -0.39 is 0 Å². The van der Waals surface area contributed by atoms with Gasteiger partial charge in [-0.2, -0.15) is 5.10 Å². The van der Waals surface area contributed by atoms with E-state index >= 15 is 0 Å². The lowest BCUT2D eigenvalue weighted by Gasteiger charge is -2.23. The third-order valence-electron chi connectivity index (χ3n) is 3.86. The molecule has 4 nitrogen and oxygen atoms in total. The highest BCUT2D eigenvalue weighted by atomic mass is 16.1. The molecule has 1 unspecified atom stereocenters. The van der Waals surface area contributed by atoms with E-state index in [-0.39, 0.29) is 5.43 Å². The number of rotatable bonds is 3. The first-order valence-electron chi connectivity index (χ1n) is 7.03. The van der Waals surface area contributed by atoms with Crippen LogP contribution in [0.2, 0.25) is 0 Å². The standard InChI is InChI=1S/C15H19N3O/c19-15-11-17-18(14-7-2-1-6-13(14)15)10-8-12-5-3-4-9-16-12/h1-2,6-7,11-12,16H,3-5,8-10H2. The smallest absolute Gasteiger partial charge is 0.207 e. The van der Waals surface area contributed by atoms with Crippen molar-refractivity contribution in [1.82, 2.24) is 15.1 Å². The molecule has 1 atom stereocenters. The van der Waals surface area contributed by atoms with Crippen molar-refractivity contribution in [1.29, 1.82) is 0 Å². The van der Waals surface area contributed by atoms with Gasteiger partial charge in [0.25, 0.3) is 0 Å². The van der Waals surface area contributed by atoms with Crippen molar-refractivity contribution in [2.75, 3.05) is 6.54 Å². The van der Waals surface area contributed by atoms with Crippen molar-refractivity contribution in [2.45, 2.75) is 38.3 Å². The van der Waals surface area contributed by atoms with Crippen LogP contribution in [0.15, 0.2) is 35.3 Å². The van der Waals surface area contributed by atoms with Crippen LogP contribution in [0.25, 0.3) is 10.9 Å². The fourth-order valence-electron chi connectivity index (χ4n) is 2.79. The highest BCUT2D eigenvalue weighted by Gasteiger charge is 2.12. The lowest BCUT2D eigenvalue weighted by atomic mass is 10.0. The van der Waals surface area contributed by atoms with Crippen molar-refractivity contribution in [2.24, 2.45) is 0 Å². The minimum Gasteiger partial charge on any atom is -0.314 e. The molecule has 100 valence electrons. The number of benzene rings is 1. The Balaban J connectivity index is 1.81. The molecule has 3 rings (SSSR count). The molecule has 0 amide bonds. The number of aromatic nitrogens is 2. The summed E-state index contributed by atoms with van der Waals surface area (Å²) in [7, 11) is 0. The zero-order chi connectivity index (χ0) is 13.1. The molecule has 1 aliphatic heterocycles. The fraction of sp³-hybridized carbons (Fsp3) is 0.467. The SMILES string of the molecule is O=c1cnn(CCC2CCCCN2)c2ccccc12. The molecule has 0 bridgehead atoms. The van der Waals surface area contributed by atoms with Crippen molar-refractivity contribution < 1.29 is 0 Å². The second kappa shape index (κ2) is 5.53. The van der Waals surface area contributed by atoms with Crippen LogP contribution in [0.3, 0.4) is 0 Å². The Morgan fingerprint density at radius 3 is 3.05 bits per heavy atom. The van der Waals surface area contributed by atoms with Gasteiger partial charge in [-0.1, -0.05) is 18.6 Å². The minimum absolute atomic E-state index is 0.00245. The largest absolute Gasteiger partial charge is 0.314 e. The average molecular weight is 257 g/mol. The maximum absolute atomic E-state index is 11.7. The van der Waals surface area contributed by atoms with E-state index in [1.54, 1.807) is 0 Å². The molecule has 0 spiro atoms. The van der Waals surface area contributed by atoms with Gasteiger partial charge in [0.05, 0.1) is 11.7 Å². The molecular formula is C15H19N3O. The van der Waals surface area contributed by atoms with E-state index in [0.29, 0.717) is 6.04 Å². The van der Waals surface area contributed by atoms with Gasteiger partial charge in [0.2, 0.25) is 5.43 Å². The summed E-state index contributed by atoms with van der Waals surface area (Å²) in [6.07, 6.45) is 6.35. The summed E-state index contributed by atoms with van der Waals surface area (Å²) >= 11 is 0. The first-order chi connectivity index (χ1) is 9.34. The van der Waals surface area contributed by atoms with E-state index in [1.165, 1.54) is 25.5 Å². The number of hydrogen-bond donors (Lipinski definition) is 1. The Hall–Kier alpha value is -1.68. The quantitative estimate of drug-likeness (QED) is 0.914. The van der Waals surface area contributed by atoms with Crippen molar-refractivity contribution >= 4 is 10.9 Å². The summed E-state index contributed by atoms with van der Waals surface area (Å²) in [6.45, 7) is 1.99. The molecular weight excluding hydrogens is 238 g/mol. The van der Waals surface area contributed by atoms with Gasteiger partial charge in [-0.05, 0) is 37.9 Å². The molecule has 0 radical (unpaired) electrons. The fourth-order valence-corrected chi connectivity index (χ4v) is 2.79. The summed E-state index contributed by atoms with van der Waals surface area (Å²) in [6, 6.07) is 8.29. The van der Waals surface area contributed by atoms with Gasteiger partial charge in [0.15, 0.2) is 0 Å². The topological polar surface area (TPSA) is 46.9 Å². The normalized spacial score (nSPS) is 19.7. The number of nitrogens with one attached hydrogen (secondary N) is 1. The van der Waals surface area contributed by atoms with Gasteiger partial charge in [0.1, 0.15) is 0 Å². The summed E-state index contributed by atoms with van der Waals surface area (Å²) < 4.78 is 1.95. The highest BCUT2D eigenvalue weighted by molar-refractivity contribution is 5.77. The average Bonchev–Trinajstić information content (AvgIpc) is 2.48.